The van der Waals surface area contributed by atoms with Crippen molar-refractivity contribution in [1.29, 1.82) is 0 Å². The first-order valence-electron chi connectivity index (χ1n) is 6.39. The molecule has 0 aliphatic rings. The van der Waals surface area contributed by atoms with Crippen molar-refractivity contribution >= 4 is 29.1 Å². The number of hydrogen-bond acceptors (Lipinski definition) is 4. The van der Waals surface area contributed by atoms with E-state index in [1.165, 1.54) is 19.1 Å². The molecule has 0 aliphatic heterocycles. The van der Waals surface area contributed by atoms with Gasteiger partial charge in [-0.1, -0.05) is 18.5 Å². The predicted octanol–water partition coefficient (Wildman–Crippen LogP) is 1.89. The number of hydrogen-bond donors (Lipinski definition) is 2. The maximum Gasteiger partial charge on any atom is 0.283 e. The van der Waals surface area contributed by atoms with Crippen molar-refractivity contribution in [2.75, 3.05) is 6.54 Å². The van der Waals surface area contributed by atoms with Crippen LogP contribution in [0.2, 0.25) is 5.02 Å². The van der Waals surface area contributed by atoms with Gasteiger partial charge in [-0.3, -0.25) is 19.7 Å². The average molecular weight is 314 g/mol. The van der Waals surface area contributed by atoms with E-state index in [9.17, 15) is 19.7 Å². The van der Waals surface area contributed by atoms with Gasteiger partial charge in [0.15, 0.2) is 0 Å². The van der Waals surface area contributed by atoms with Crippen molar-refractivity contribution in [3.8, 4) is 0 Å². The Bertz CT molecular complexity index is 562. The lowest BCUT2D eigenvalue weighted by atomic mass is 10.1. The van der Waals surface area contributed by atoms with E-state index in [2.05, 4.69) is 10.6 Å². The van der Waals surface area contributed by atoms with E-state index < -0.39 is 22.6 Å². The van der Waals surface area contributed by atoms with Crippen LogP contribution in [0.25, 0.3) is 0 Å². The van der Waals surface area contributed by atoms with E-state index in [1.54, 1.807) is 0 Å². The second kappa shape index (κ2) is 7.58. The number of nitro groups is 1. The first-order chi connectivity index (χ1) is 9.86. The first kappa shape index (κ1) is 16.9. The summed E-state index contributed by atoms with van der Waals surface area (Å²) in [6.07, 6.45) is 0.773. The molecule has 0 aliphatic carbocycles. The molecule has 21 heavy (non-hydrogen) atoms. The largest absolute Gasteiger partial charge is 0.354 e. The van der Waals surface area contributed by atoms with Crippen molar-refractivity contribution in [2.45, 2.75) is 26.3 Å². The van der Waals surface area contributed by atoms with Gasteiger partial charge in [0, 0.05) is 17.6 Å². The van der Waals surface area contributed by atoms with Crippen LogP contribution in [0.3, 0.4) is 0 Å². The third kappa shape index (κ3) is 4.71. The lowest BCUT2D eigenvalue weighted by Crippen LogP contribution is -2.45. The zero-order valence-electron chi connectivity index (χ0n) is 11.7. The zero-order valence-corrected chi connectivity index (χ0v) is 12.4. The van der Waals surface area contributed by atoms with Gasteiger partial charge in [0.2, 0.25) is 5.91 Å². The van der Waals surface area contributed by atoms with Gasteiger partial charge in [-0.25, -0.2) is 0 Å². The molecule has 8 heteroatoms. The van der Waals surface area contributed by atoms with Crippen molar-refractivity contribution in [3.63, 3.8) is 0 Å². The van der Waals surface area contributed by atoms with Gasteiger partial charge in [-0.05, 0) is 25.5 Å². The monoisotopic (exact) mass is 313 g/mol. The molecule has 1 rings (SSSR count). The minimum absolute atomic E-state index is 0.139. The van der Waals surface area contributed by atoms with E-state index in [1.807, 2.05) is 6.92 Å². The second-order valence-corrected chi connectivity index (χ2v) is 4.84. The molecule has 1 aromatic rings. The number of halogens is 1. The van der Waals surface area contributed by atoms with Gasteiger partial charge >= 0.3 is 0 Å². The molecule has 1 aromatic carbocycles. The van der Waals surface area contributed by atoms with Gasteiger partial charge in [0.25, 0.3) is 11.6 Å². The predicted molar refractivity (Wildman–Crippen MR) is 78.3 cm³/mol. The molecule has 0 spiro atoms. The van der Waals surface area contributed by atoms with E-state index in [0.29, 0.717) is 6.54 Å². The van der Waals surface area contributed by atoms with Crippen molar-refractivity contribution in [2.24, 2.45) is 0 Å². The summed E-state index contributed by atoms with van der Waals surface area (Å²) in [6.45, 7) is 3.91. The molecular weight excluding hydrogens is 298 g/mol. The molecule has 0 radical (unpaired) electrons. The summed E-state index contributed by atoms with van der Waals surface area (Å²) < 4.78 is 0. The minimum Gasteiger partial charge on any atom is -0.354 e. The highest BCUT2D eigenvalue weighted by Gasteiger charge is 2.23. The lowest BCUT2D eigenvalue weighted by molar-refractivity contribution is -0.385. The Balaban J connectivity index is 2.85. The van der Waals surface area contributed by atoms with Crippen LogP contribution < -0.4 is 10.6 Å². The van der Waals surface area contributed by atoms with Crippen molar-refractivity contribution in [3.05, 3.63) is 38.9 Å². The molecule has 1 atom stereocenters. The molecule has 0 heterocycles. The quantitative estimate of drug-likeness (QED) is 0.618. The maximum absolute atomic E-state index is 12.0. The van der Waals surface area contributed by atoms with Gasteiger partial charge < -0.3 is 10.6 Å². The van der Waals surface area contributed by atoms with Crippen LogP contribution in [0.5, 0.6) is 0 Å². The summed E-state index contributed by atoms with van der Waals surface area (Å²) in [5.41, 5.74) is -0.541. The van der Waals surface area contributed by atoms with Gasteiger partial charge in [-0.15, -0.1) is 0 Å². The number of carbonyl (C=O) groups excluding carboxylic acids is 2. The van der Waals surface area contributed by atoms with Crippen LogP contribution in [0.1, 0.15) is 30.6 Å². The fourth-order valence-electron chi connectivity index (χ4n) is 1.59. The molecule has 2 N–H and O–H groups in total. The number of benzene rings is 1. The molecule has 2 amide bonds. The lowest BCUT2D eigenvalue weighted by Gasteiger charge is -2.13. The highest BCUT2D eigenvalue weighted by atomic mass is 35.5. The highest BCUT2D eigenvalue weighted by molar-refractivity contribution is 6.31. The molecule has 0 bridgehead atoms. The Hall–Kier alpha value is -2.15. The summed E-state index contributed by atoms with van der Waals surface area (Å²) >= 11 is 5.68. The summed E-state index contributed by atoms with van der Waals surface area (Å²) in [5, 5.41) is 16.1. The number of amides is 2. The van der Waals surface area contributed by atoms with E-state index in [4.69, 9.17) is 11.6 Å². The molecule has 7 nitrogen and oxygen atoms in total. The fourth-order valence-corrected chi connectivity index (χ4v) is 1.76. The summed E-state index contributed by atoms with van der Waals surface area (Å²) in [7, 11) is 0. The number of carbonyl (C=O) groups is 2. The molecular formula is C13H16ClN3O4. The third-order valence-electron chi connectivity index (χ3n) is 2.69. The molecule has 0 unspecified atom stereocenters. The highest BCUT2D eigenvalue weighted by Crippen LogP contribution is 2.23. The summed E-state index contributed by atoms with van der Waals surface area (Å²) in [4.78, 5) is 33.9. The minimum atomic E-state index is -0.792. The normalized spacial score (nSPS) is 11.6. The number of nitrogens with zero attached hydrogens (tertiary/aromatic N) is 1. The van der Waals surface area contributed by atoms with Gasteiger partial charge in [0.05, 0.1) is 4.92 Å². The van der Waals surface area contributed by atoms with Gasteiger partial charge in [-0.2, -0.15) is 0 Å². The molecule has 0 fully saturated rings. The number of rotatable bonds is 6. The Kier molecular flexibility index (Phi) is 6.10. The first-order valence-corrected chi connectivity index (χ1v) is 6.77. The topological polar surface area (TPSA) is 101 Å². The van der Waals surface area contributed by atoms with Crippen LogP contribution in [0.15, 0.2) is 18.2 Å². The Labute approximate surface area is 126 Å². The average Bonchev–Trinajstić information content (AvgIpc) is 2.44. The number of nitrogens with one attached hydrogen (secondary N) is 2. The molecule has 0 aromatic heterocycles. The van der Waals surface area contributed by atoms with E-state index in [0.717, 1.165) is 12.5 Å². The molecule has 0 saturated heterocycles. The van der Waals surface area contributed by atoms with Crippen LogP contribution in [0, 0.1) is 10.1 Å². The Morgan fingerprint density at radius 2 is 2.10 bits per heavy atom. The third-order valence-corrected chi connectivity index (χ3v) is 2.93. The van der Waals surface area contributed by atoms with Gasteiger partial charge in [0.1, 0.15) is 11.6 Å². The smallest absolute Gasteiger partial charge is 0.283 e. The maximum atomic E-state index is 12.0. The van der Waals surface area contributed by atoms with Crippen LogP contribution in [-0.2, 0) is 4.79 Å². The van der Waals surface area contributed by atoms with Crippen LogP contribution >= 0.6 is 11.6 Å². The SMILES string of the molecule is CCCNC(=O)[C@H](C)NC(=O)c1ccc(Cl)cc1[N+](=O)[O-]. The van der Waals surface area contributed by atoms with E-state index >= 15 is 0 Å². The van der Waals surface area contributed by atoms with E-state index in [-0.39, 0.29) is 16.5 Å². The van der Waals surface area contributed by atoms with Crippen LogP contribution in [0.4, 0.5) is 5.69 Å². The Morgan fingerprint density at radius 3 is 2.67 bits per heavy atom. The second-order valence-electron chi connectivity index (χ2n) is 4.40. The number of nitro benzene ring substituents is 1. The van der Waals surface area contributed by atoms with Crippen LogP contribution in [-0.4, -0.2) is 29.3 Å². The Morgan fingerprint density at radius 1 is 1.43 bits per heavy atom. The zero-order chi connectivity index (χ0) is 16.0. The standard InChI is InChI=1S/C13H16ClN3O4/c1-3-6-15-12(18)8(2)16-13(19)10-5-4-9(14)7-11(10)17(20)21/h4-5,7-8H,3,6H2,1-2H3,(H,15,18)(H,16,19)/t8-/m0/s1. The molecule has 114 valence electrons. The summed E-state index contributed by atoms with van der Waals surface area (Å²) in [6, 6.07) is 2.94. The molecule has 0 saturated carbocycles. The van der Waals surface area contributed by atoms with Crippen molar-refractivity contribution < 1.29 is 14.5 Å². The van der Waals surface area contributed by atoms with Crippen molar-refractivity contribution in [1.82, 2.24) is 10.6 Å². The summed E-state index contributed by atoms with van der Waals surface area (Å²) in [5.74, 6) is -1.04. The fraction of sp³-hybridized carbons (Fsp3) is 0.385.